The Morgan fingerprint density at radius 1 is 1.03 bits per heavy atom. The lowest BCUT2D eigenvalue weighted by Gasteiger charge is -2.37. The number of methoxy groups -OCH3 is 1. The summed E-state index contributed by atoms with van der Waals surface area (Å²) >= 11 is 0. The van der Waals surface area contributed by atoms with E-state index in [2.05, 4.69) is 46.2 Å². The fraction of sp³-hybridized carbons (Fsp3) is 0.952. The van der Waals surface area contributed by atoms with E-state index in [0.29, 0.717) is 26.2 Å². The topological polar surface area (TPSA) is 74.2 Å². The quantitative estimate of drug-likeness (QED) is 0.173. The second-order valence-corrected chi connectivity index (χ2v) is 22.1. The summed E-state index contributed by atoms with van der Waals surface area (Å²) in [5.74, 6) is -0.821. The van der Waals surface area contributed by atoms with Crippen LogP contribution in [0.25, 0.3) is 0 Å². The lowest BCUT2D eigenvalue weighted by molar-refractivity contribution is -0.161. The van der Waals surface area contributed by atoms with Gasteiger partial charge in [-0.25, -0.2) is 0 Å². The molecule has 0 rings (SSSR count). The first-order valence-electron chi connectivity index (χ1n) is 10.7. The Hall–Kier alpha value is -0.256. The monoisotopic (exact) mass is 450 g/mol. The number of ether oxygens (including phenoxy) is 4. The van der Waals surface area contributed by atoms with E-state index in [1.54, 1.807) is 7.11 Å². The largest absolute Gasteiger partial charge is 0.466 e. The molecule has 174 valence electrons. The van der Waals surface area contributed by atoms with Crippen LogP contribution in [0.15, 0.2) is 0 Å². The standard InChI is InChI=1S/C21H46O6Si2/c1-17(29(8,9)10)19(20(23)26-13-14-28(5,6)7)18(22)15-21(2,3)27-16-25-12-11-24-4/h17-19,22H,11-16H2,1-10H3/t17-,18-,19+/m1/s1. The Labute approximate surface area is 180 Å². The average molecular weight is 451 g/mol. The van der Waals surface area contributed by atoms with Crippen LogP contribution in [0.3, 0.4) is 0 Å². The summed E-state index contributed by atoms with van der Waals surface area (Å²) < 4.78 is 21.7. The molecule has 3 atom stereocenters. The Morgan fingerprint density at radius 2 is 1.62 bits per heavy atom. The van der Waals surface area contributed by atoms with Crippen LogP contribution in [0.2, 0.25) is 50.9 Å². The molecule has 0 radical (unpaired) electrons. The smallest absolute Gasteiger partial charge is 0.311 e. The predicted molar refractivity (Wildman–Crippen MR) is 124 cm³/mol. The zero-order valence-electron chi connectivity index (χ0n) is 20.5. The molecule has 0 bridgehead atoms. The van der Waals surface area contributed by atoms with Crippen molar-refractivity contribution in [1.82, 2.24) is 0 Å². The fourth-order valence-corrected chi connectivity index (χ4v) is 5.03. The maximum absolute atomic E-state index is 13.0. The van der Waals surface area contributed by atoms with Crippen molar-refractivity contribution in [1.29, 1.82) is 0 Å². The van der Waals surface area contributed by atoms with Crippen molar-refractivity contribution >= 4 is 22.1 Å². The second kappa shape index (κ2) is 12.6. The molecule has 0 fully saturated rings. The zero-order chi connectivity index (χ0) is 22.9. The zero-order valence-corrected chi connectivity index (χ0v) is 22.5. The van der Waals surface area contributed by atoms with Gasteiger partial charge in [-0.05, 0) is 25.4 Å². The van der Waals surface area contributed by atoms with Gasteiger partial charge in [0.15, 0.2) is 0 Å². The molecule has 6 nitrogen and oxygen atoms in total. The number of carbonyl (C=O) groups excluding carboxylic acids is 1. The fourth-order valence-electron chi connectivity index (χ4n) is 2.88. The van der Waals surface area contributed by atoms with Crippen molar-refractivity contribution < 1.29 is 28.8 Å². The van der Waals surface area contributed by atoms with Crippen molar-refractivity contribution in [2.24, 2.45) is 5.92 Å². The third-order valence-corrected chi connectivity index (χ3v) is 10.1. The van der Waals surface area contributed by atoms with Gasteiger partial charge in [0.1, 0.15) is 6.79 Å². The summed E-state index contributed by atoms with van der Waals surface area (Å²) in [7, 11) is -1.34. The van der Waals surface area contributed by atoms with Gasteiger partial charge in [0, 0.05) is 29.7 Å². The molecule has 29 heavy (non-hydrogen) atoms. The molecule has 0 saturated heterocycles. The molecule has 0 aromatic rings. The SMILES string of the molecule is COCCOCOC(C)(C)C[C@@H](O)[C@@H](C(=O)OCC[Si](C)(C)C)[C@@H](C)[Si](C)(C)C. The average Bonchev–Trinajstić information content (AvgIpc) is 2.52. The van der Waals surface area contributed by atoms with E-state index in [-0.39, 0.29) is 18.3 Å². The molecule has 0 heterocycles. The molecule has 0 aliphatic heterocycles. The van der Waals surface area contributed by atoms with Gasteiger partial charge in [-0.2, -0.15) is 0 Å². The van der Waals surface area contributed by atoms with Crippen LogP contribution in [0.1, 0.15) is 27.2 Å². The number of carbonyl (C=O) groups is 1. The van der Waals surface area contributed by atoms with Gasteiger partial charge in [0.2, 0.25) is 0 Å². The summed E-state index contributed by atoms with van der Waals surface area (Å²) in [6.45, 7) is 20.8. The van der Waals surface area contributed by atoms with Crippen molar-refractivity contribution in [3.05, 3.63) is 0 Å². The van der Waals surface area contributed by atoms with E-state index in [0.717, 1.165) is 6.04 Å². The lowest BCUT2D eigenvalue weighted by Crippen LogP contribution is -2.45. The molecule has 8 heteroatoms. The first kappa shape index (κ1) is 28.7. The van der Waals surface area contributed by atoms with Gasteiger partial charge < -0.3 is 24.1 Å². The lowest BCUT2D eigenvalue weighted by atomic mass is 9.89. The molecule has 0 aromatic carbocycles. The molecule has 0 unspecified atom stereocenters. The number of esters is 1. The van der Waals surface area contributed by atoms with Crippen LogP contribution < -0.4 is 0 Å². The molecule has 0 amide bonds. The number of aliphatic hydroxyl groups is 1. The van der Waals surface area contributed by atoms with Crippen LogP contribution in [0, 0.1) is 5.92 Å². The van der Waals surface area contributed by atoms with Crippen LogP contribution in [0.4, 0.5) is 0 Å². The molecule has 0 aromatic heterocycles. The highest BCUT2D eigenvalue weighted by Crippen LogP contribution is 2.35. The Bertz CT molecular complexity index is 471. The third-order valence-electron chi connectivity index (χ3n) is 5.35. The van der Waals surface area contributed by atoms with Gasteiger partial charge in [-0.1, -0.05) is 46.2 Å². The van der Waals surface area contributed by atoms with Crippen molar-refractivity contribution in [3.63, 3.8) is 0 Å². The van der Waals surface area contributed by atoms with Crippen LogP contribution in [-0.4, -0.2) is 72.7 Å². The molecular weight excluding hydrogens is 404 g/mol. The number of hydrogen-bond donors (Lipinski definition) is 1. The van der Waals surface area contributed by atoms with Crippen molar-refractivity contribution in [2.75, 3.05) is 33.7 Å². The molecule has 0 aliphatic carbocycles. The van der Waals surface area contributed by atoms with E-state index in [4.69, 9.17) is 18.9 Å². The first-order chi connectivity index (χ1) is 13.1. The Balaban J connectivity index is 5.04. The summed E-state index contributed by atoms with van der Waals surface area (Å²) in [5, 5.41) is 11.0. The minimum atomic E-state index is -1.67. The predicted octanol–water partition coefficient (Wildman–Crippen LogP) is 4.38. The highest BCUT2D eigenvalue weighted by atomic mass is 28.3. The van der Waals surface area contributed by atoms with E-state index in [9.17, 15) is 9.90 Å². The van der Waals surface area contributed by atoms with Crippen LogP contribution >= 0.6 is 0 Å². The van der Waals surface area contributed by atoms with E-state index >= 15 is 0 Å². The third kappa shape index (κ3) is 12.9. The molecular formula is C21H46O6Si2. The van der Waals surface area contributed by atoms with Gasteiger partial charge in [0.25, 0.3) is 0 Å². The highest BCUT2D eigenvalue weighted by Gasteiger charge is 2.42. The minimum Gasteiger partial charge on any atom is -0.466 e. The van der Waals surface area contributed by atoms with E-state index < -0.39 is 33.8 Å². The van der Waals surface area contributed by atoms with Crippen molar-refractivity contribution in [2.45, 2.75) is 89.8 Å². The molecule has 0 saturated carbocycles. The Kier molecular flexibility index (Phi) is 12.5. The summed E-state index contributed by atoms with van der Waals surface area (Å²) in [4.78, 5) is 13.0. The van der Waals surface area contributed by atoms with Gasteiger partial charge in [0.05, 0.1) is 37.4 Å². The second-order valence-electron chi connectivity index (χ2n) is 10.9. The molecule has 0 spiro atoms. The van der Waals surface area contributed by atoms with Gasteiger partial charge in [-0.15, -0.1) is 0 Å². The van der Waals surface area contributed by atoms with Crippen molar-refractivity contribution in [3.8, 4) is 0 Å². The summed E-state index contributed by atoms with van der Waals surface area (Å²) in [6, 6.07) is 0.927. The first-order valence-corrected chi connectivity index (χ1v) is 17.9. The maximum Gasteiger partial charge on any atom is 0.311 e. The van der Waals surface area contributed by atoms with Crippen LogP contribution in [-0.2, 0) is 23.7 Å². The highest BCUT2D eigenvalue weighted by molar-refractivity contribution is 6.77. The summed E-state index contributed by atoms with van der Waals surface area (Å²) in [6.07, 6.45) is -0.492. The Morgan fingerprint density at radius 3 is 2.10 bits per heavy atom. The number of aliphatic hydroxyl groups excluding tert-OH is 1. The van der Waals surface area contributed by atoms with E-state index in [1.165, 1.54) is 0 Å². The minimum absolute atomic E-state index is 0.0886. The van der Waals surface area contributed by atoms with Gasteiger partial charge >= 0.3 is 5.97 Å². The van der Waals surface area contributed by atoms with E-state index in [1.807, 2.05) is 13.8 Å². The van der Waals surface area contributed by atoms with Crippen LogP contribution in [0.5, 0.6) is 0 Å². The molecule has 0 aliphatic rings. The van der Waals surface area contributed by atoms with Gasteiger partial charge in [-0.3, -0.25) is 4.79 Å². The molecule has 1 N–H and O–H groups in total. The maximum atomic E-state index is 13.0. The summed E-state index contributed by atoms with van der Waals surface area (Å²) in [5.41, 5.74) is -0.534. The number of rotatable bonds is 15. The normalized spacial score (nSPS) is 16.4. The number of hydrogen-bond acceptors (Lipinski definition) is 6.